The smallest absolute Gasteiger partial charge is 0.407 e. The van der Waals surface area contributed by atoms with E-state index in [1.165, 1.54) is 31.4 Å². The van der Waals surface area contributed by atoms with E-state index in [0.717, 1.165) is 0 Å². The van der Waals surface area contributed by atoms with Crippen LogP contribution in [-0.2, 0) is 24.1 Å². The van der Waals surface area contributed by atoms with Gasteiger partial charge in [0, 0.05) is 12.1 Å². The Bertz CT molecular complexity index is 1070. The summed E-state index contributed by atoms with van der Waals surface area (Å²) in [5.74, 6) is 0.241. The Kier molecular flexibility index (Phi) is 8.37. The van der Waals surface area contributed by atoms with Crippen molar-refractivity contribution in [2.75, 3.05) is 26.0 Å². The van der Waals surface area contributed by atoms with E-state index in [-0.39, 0.29) is 40.8 Å². The molecule has 3 saturated carbocycles. The average Bonchev–Trinajstić information content (AvgIpc) is 2.83. The molecule has 1 aromatic carbocycles. The molecule has 2 bridgehead atoms. The van der Waals surface area contributed by atoms with Gasteiger partial charge in [0.15, 0.2) is 9.84 Å². The SMILES string of the molecule is COC(=O)C12CCC(CS(=O)(=O)c3ccc(OC/C(=C/F)CNC(=O)OC(C)(C)C)cc3)(CC1)CC2. The summed E-state index contributed by atoms with van der Waals surface area (Å²) in [6, 6.07) is 6.05. The second kappa shape index (κ2) is 10.8. The molecular formula is C26H36FNO7S. The van der Waals surface area contributed by atoms with Gasteiger partial charge in [0.25, 0.3) is 0 Å². The van der Waals surface area contributed by atoms with Gasteiger partial charge in [0.1, 0.15) is 18.0 Å². The molecular weight excluding hydrogens is 489 g/mol. The van der Waals surface area contributed by atoms with Crippen LogP contribution in [0.5, 0.6) is 5.75 Å². The lowest BCUT2D eigenvalue weighted by molar-refractivity contribution is -0.161. The molecule has 36 heavy (non-hydrogen) atoms. The van der Waals surface area contributed by atoms with Crippen LogP contribution in [0.3, 0.4) is 0 Å². The molecule has 3 aliphatic rings. The maximum atomic E-state index is 13.2. The van der Waals surface area contributed by atoms with E-state index in [1.54, 1.807) is 20.8 Å². The molecule has 0 radical (unpaired) electrons. The minimum absolute atomic E-state index is 0.0442. The summed E-state index contributed by atoms with van der Waals surface area (Å²) < 4.78 is 55.2. The molecule has 8 nitrogen and oxygen atoms in total. The number of alkyl carbamates (subject to hydrolysis) is 1. The molecule has 0 unspecified atom stereocenters. The van der Waals surface area contributed by atoms with Gasteiger partial charge in [-0.05, 0) is 89.0 Å². The van der Waals surface area contributed by atoms with Gasteiger partial charge in [-0.2, -0.15) is 0 Å². The second-order valence-corrected chi connectivity index (χ2v) is 12.9. The van der Waals surface area contributed by atoms with Crippen molar-refractivity contribution in [1.29, 1.82) is 0 Å². The molecule has 10 heteroatoms. The number of amides is 1. The first kappa shape index (κ1) is 28.0. The van der Waals surface area contributed by atoms with E-state index in [9.17, 15) is 22.4 Å². The zero-order valence-corrected chi connectivity index (χ0v) is 22.2. The zero-order chi connectivity index (χ0) is 26.6. The largest absolute Gasteiger partial charge is 0.489 e. The van der Waals surface area contributed by atoms with Crippen LogP contribution in [0.4, 0.5) is 9.18 Å². The number of esters is 1. The van der Waals surface area contributed by atoms with Crippen molar-refractivity contribution in [3.05, 3.63) is 36.2 Å². The Labute approximate surface area is 212 Å². The topological polar surface area (TPSA) is 108 Å². The van der Waals surface area contributed by atoms with Crippen LogP contribution < -0.4 is 10.1 Å². The van der Waals surface area contributed by atoms with Crippen molar-refractivity contribution in [2.24, 2.45) is 10.8 Å². The molecule has 0 saturated heterocycles. The van der Waals surface area contributed by atoms with E-state index >= 15 is 0 Å². The van der Waals surface area contributed by atoms with Crippen LogP contribution in [0.2, 0.25) is 0 Å². The van der Waals surface area contributed by atoms with E-state index in [4.69, 9.17) is 14.2 Å². The van der Waals surface area contributed by atoms with Crippen LogP contribution in [0.1, 0.15) is 59.3 Å². The minimum atomic E-state index is -3.54. The number of rotatable bonds is 9. The number of hydrogen-bond donors (Lipinski definition) is 1. The van der Waals surface area contributed by atoms with Gasteiger partial charge in [-0.1, -0.05) is 0 Å². The monoisotopic (exact) mass is 525 g/mol. The minimum Gasteiger partial charge on any atom is -0.489 e. The maximum Gasteiger partial charge on any atom is 0.407 e. The highest BCUT2D eigenvalue weighted by molar-refractivity contribution is 7.91. The third-order valence-electron chi connectivity index (χ3n) is 7.14. The number of carbonyl (C=O) groups excluding carboxylic acids is 2. The van der Waals surface area contributed by atoms with Crippen molar-refractivity contribution in [1.82, 2.24) is 5.32 Å². The number of ether oxygens (including phenoxy) is 3. The molecule has 0 aromatic heterocycles. The number of halogens is 1. The number of benzene rings is 1. The predicted octanol–water partition coefficient (Wildman–Crippen LogP) is 4.73. The highest BCUT2D eigenvalue weighted by atomic mass is 32.2. The van der Waals surface area contributed by atoms with E-state index in [0.29, 0.717) is 50.6 Å². The predicted molar refractivity (Wildman–Crippen MR) is 132 cm³/mol. The van der Waals surface area contributed by atoms with Crippen LogP contribution in [0.25, 0.3) is 0 Å². The third-order valence-corrected chi connectivity index (χ3v) is 9.12. The van der Waals surface area contributed by atoms with Gasteiger partial charge >= 0.3 is 12.1 Å². The number of carbonyl (C=O) groups is 2. The lowest BCUT2D eigenvalue weighted by atomic mass is 9.54. The second-order valence-electron chi connectivity index (χ2n) is 10.9. The summed E-state index contributed by atoms with van der Waals surface area (Å²) in [7, 11) is -2.14. The first-order valence-electron chi connectivity index (χ1n) is 12.1. The summed E-state index contributed by atoms with van der Waals surface area (Å²) in [5.41, 5.74) is -1.24. The Balaban J connectivity index is 1.54. The number of methoxy groups -OCH3 is 1. The fourth-order valence-electron chi connectivity index (χ4n) is 5.03. The molecule has 1 N–H and O–H groups in total. The highest BCUT2D eigenvalue weighted by Gasteiger charge is 2.54. The van der Waals surface area contributed by atoms with Crippen molar-refractivity contribution in [3.63, 3.8) is 0 Å². The molecule has 1 aromatic rings. The Morgan fingerprint density at radius 2 is 1.64 bits per heavy atom. The lowest BCUT2D eigenvalue weighted by Gasteiger charge is -2.51. The molecule has 200 valence electrons. The highest BCUT2D eigenvalue weighted by Crippen LogP contribution is 2.58. The van der Waals surface area contributed by atoms with Gasteiger partial charge in [0.2, 0.25) is 0 Å². The zero-order valence-electron chi connectivity index (χ0n) is 21.4. The fraction of sp³-hybridized carbons (Fsp3) is 0.615. The lowest BCUT2D eigenvalue weighted by Crippen LogP contribution is -2.48. The third kappa shape index (κ3) is 6.78. The fourth-order valence-corrected chi connectivity index (χ4v) is 6.99. The molecule has 0 spiro atoms. The Hall–Kier alpha value is -2.62. The van der Waals surface area contributed by atoms with Gasteiger partial charge in [-0.3, -0.25) is 4.79 Å². The summed E-state index contributed by atoms with van der Waals surface area (Å²) in [6.07, 6.45) is 3.76. The molecule has 0 heterocycles. The summed E-state index contributed by atoms with van der Waals surface area (Å²) in [5, 5.41) is 2.46. The molecule has 0 aliphatic heterocycles. The van der Waals surface area contributed by atoms with Gasteiger partial charge in [-0.25, -0.2) is 17.6 Å². The summed E-state index contributed by atoms with van der Waals surface area (Å²) in [4.78, 5) is 24.2. The average molecular weight is 526 g/mol. The van der Waals surface area contributed by atoms with E-state index < -0.39 is 26.9 Å². The summed E-state index contributed by atoms with van der Waals surface area (Å²) in [6.45, 7) is 4.97. The number of nitrogens with one attached hydrogen (secondary N) is 1. The van der Waals surface area contributed by atoms with E-state index in [1.807, 2.05) is 0 Å². The van der Waals surface area contributed by atoms with Crippen molar-refractivity contribution in [3.8, 4) is 5.75 Å². The van der Waals surface area contributed by atoms with Crippen molar-refractivity contribution < 1.29 is 36.6 Å². The van der Waals surface area contributed by atoms with Crippen LogP contribution in [0, 0.1) is 10.8 Å². The first-order valence-corrected chi connectivity index (χ1v) is 13.8. The van der Waals surface area contributed by atoms with Crippen LogP contribution in [0.15, 0.2) is 41.1 Å². The maximum absolute atomic E-state index is 13.2. The Morgan fingerprint density at radius 3 is 2.14 bits per heavy atom. The first-order chi connectivity index (χ1) is 16.8. The number of sulfone groups is 1. The molecule has 3 aliphatic carbocycles. The normalized spacial score (nSPS) is 24.2. The van der Waals surface area contributed by atoms with Crippen LogP contribution >= 0.6 is 0 Å². The molecule has 4 rings (SSSR count). The van der Waals surface area contributed by atoms with Crippen molar-refractivity contribution in [2.45, 2.75) is 69.8 Å². The Morgan fingerprint density at radius 1 is 1.06 bits per heavy atom. The molecule has 0 atom stereocenters. The molecule has 3 fully saturated rings. The van der Waals surface area contributed by atoms with E-state index in [2.05, 4.69) is 5.32 Å². The van der Waals surface area contributed by atoms with Crippen molar-refractivity contribution >= 4 is 21.9 Å². The van der Waals surface area contributed by atoms with Crippen LogP contribution in [-0.4, -0.2) is 52.1 Å². The van der Waals surface area contributed by atoms with Gasteiger partial charge < -0.3 is 19.5 Å². The standard InChI is InChI=1S/C26H36FNO7S/c1-24(2,3)35-23(30)28-16-19(15-27)17-34-20-5-7-21(8-6-20)36(31,32)18-25-9-12-26(13-10-25,14-11-25)22(29)33-4/h5-8,15H,9-14,16-18H2,1-4H3,(H,28,30)/b19-15+. The number of hydrogen-bond acceptors (Lipinski definition) is 7. The summed E-state index contributed by atoms with van der Waals surface area (Å²) >= 11 is 0. The molecule has 1 amide bonds. The van der Waals surface area contributed by atoms with Gasteiger partial charge in [0.05, 0.1) is 29.5 Å². The van der Waals surface area contributed by atoms with Gasteiger partial charge in [-0.15, -0.1) is 0 Å². The number of fused-ring (bicyclic) bond motifs is 3. The quantitative estimate of drug-likeness (QED) is 0.464.